The van der Waals surface area contributed by atoms with Crippen molar-refractivity contribution < 1.29 is 13.7 Å². The SMILES string of the molecule is CCCCCN1C(=O)NC(c2ccc(Cl)cc2)C(c2nc(-c3cccc(F)c3)no2)=C1C. The van der Waals surface area contributed by atoms with Crippen molar-refractivity contribution in [2.45, 2.75) is 39.2 Å². The Morgan fingerprint density at radius 1 is 1.19 bits per heavy atom. The van der Waals surface area contributed by atoms with Crippen LogP contribution in [0.1, 0.15) is 50.6 Å². The maximum atomic E-state index is 13.7. The smallest absolute Gasteiger partial charge is 0.322 e. The van der Waals surface area contributed by atoms with Crippen LogP contribution < -0.4 is 5.32 Å². The van der Waals surface area contributed by atoms with Crippen molar-refractivity contribution in [3.8, 4) is 11.4 Å². The number of benzene rings is 2. The Kier molecular flexibility index (Phi) is 6.55. The lowest BCUT2D eigenvalue weighted by Gasteiger charge is -2.35. The second-order valence-corrected chi connectivity index (χ2v) is 8.16. The summed E-state index contributed by atoms with van der Waals surface area (Å²) < 4.78 is 19.3. The minimum absolute atomic E-state index is 0.174. The third kappa shape index (κ3) is 4.53. The van der Waals surface area contributed by atoms with Gasteiger partial charge in [-0.15, -0.1) is 0 Å². The van der Waals surface area contributed by atoms with Gasteiger partial charge < -0.3 is 9.84 Å². The molecule has 1 atom stereocenters. The zero-order valence-corrected chi connectivity index (χ0v) is 18.7. The van der Waals surface area contributed by atoms with E-state index in [4.69, 9.17) is 16.1 Å². The van der Waals surface area contributed by atoms with Gasteiger partial charge in [0.1, 0.15) is 5.82 Å². The lowest BCUT2D eigenvalue weighted by Crippen LogP contribution is -2.46. The van der Waals surface area contributed by atoms with Crippen LogP contribution in [-0.4, -0.2) is 27.6 Å². The van der Waals surface area contributed by atoms with E-state index in [9.17, 15) is 9.18 Å². The number of aromatic nitrogens is 2. The van der Waals surface area contributed by atoms with E-state index in [-0.39, 0.29) is 23.6 Å². The normalized spacial score (nSPS) is 16.4. The van der Waals surface area contributed by atoms with E-state index in [1.54, 1.807) is 29.2 Å². The highest BCUT2D eigenvalue weighted by molar-refractivity contribution is 6.30. The highest BCUT2D eigenvalue weighted by Gasteiger charge is 2.35. The van der Waals surface area contributed by atoms with E-state index in [0.717, 1.165) is 30.5 Å². The van der Waals surface area contributed by atoms with Crippen LogP contribution >= 0.6 is 11.6 Å². The van der Waals surface area contributed by atoms with Gasteiger partial charge in [-0.2, -0.15) is 4.98 Å². The highest BCUT2D eigenvalue weighted by Crippen LogP contribution is 2.37. The first kappa shape index (κ1) is 22.0. The largest absolute Gasteiger partial charge is 0.334 e. The van der Waals surface area contributed by atoms with Gasteiger partial charge in [-0.1, -0.05) is 60.8 Å². The molecule has 2 heterocycles. The molecule has 1 aliphatic rings. The molecule has 3 aromatic rings. The van der Waals surface area contributed by atoms with Crippen molar-refractivity contribution in [1.82, 2.24) is 20.4 Å². The summed E-state index contributed by atoms with van der Waals surface area (Å²) in [6, 6.07) is 12.6. The van der Waals surface area contributed by atoms with Crippen LogP contribution in [-0.2, 0) is 0 Å². The van der Waals surface area contributed by atoms with Crippen LogP contribution in [0.15, 0.2) is 58.8 Å². The summed E-state index contributed by atoms with van der Waals surface area (Å²) in [7, 11) is 0. The molecule has 0 fully saturated rings. The first-order valence-corrected chi connectivity index (χ1v) is 11.0. The van der Waals surface area contributed by atoms with Crippen LogP contribution in [0.5, 0.6) is 0 Å². The maximum Gasteiger partial charge on any atom is 0.322 e. The molecule has 0 bridgehead atoms. The molecule has 0 saturated carbocycles. The van der Waals surface area contributed by atoms with Gasteiger partial charge in [-0.25, -0.2) is 9.18 Å². The number of nitrogens with one attached hydrogen (secondary N) is 1. The summed E-state index contributed by atoms with van der Waals surface area (Å²) in [6.07, 6.45) is 2.97. The van der Waals surface area contributed by atoms with Gasteiger partial charge >= 0.3 is 6.03 Å². The number of urea groups is 1. The number of hydrogen-bond donors (Lipinski definition) is 1. The average molecular weight is 455 g/mol. The maximum absolute atomic E-state index is 13.7. The van der Waals surface area contributed by atoms with Gasteiger partial charge in [-0.05, 0) is 43.2 Å². The molecule has 0 spiro atoms. The van der Waals surface area contributed by atoms with Crippen molar-refractivity contribution in [3.05, 3.63) is 76.5 Å². The Hall–Kier alpha value is -3.19. The van der Waals surface area contributed by atoms with Gasteiger partial charge in [-0.3, -0.25) is 4.90 Å². The molecule has 1 aromatic heterocycles. The Bertz CT molecular complexity index is 1140. The Morgan fingerprint density at radius 3 is 2.69 bits per heavy atom. The Balaban J connectivity index is 1.77. The topological polar surface area (TPSA) is 71.3 Å². The van der Waals surface area contributed by atoms with E-state index in [2.05, 4.69) is 22.4 Å². The fourth-order valence-electron chi connectivity index (χ4n) is 3.83. The van der Waals surface area contributed by atoms with Crippen LogP contribution in [0.4, 0.5) is 9.18 Å². The monoisotopic (exact) mass is 454 g/mol. The van der Waals surface area contributed by atoms with E-state index < -0.39 is 6.04 Å². The average Bonchev–Trinajstić information content (AvgIpc) is 3.26. The molecular formula is C24H24ClFN4O2. The number of hydrogen-bond acceptors (Lipinski definition) is 4. The summed E-state index contributed by atoms with van der Waals surface area (Å²) >= 11 is 6.06. The second kappa shape index (κ2) is 9.53. The third-order valence-corrected chi connectivity index (χ3v) is 5.78. The minimum atomic E-state index is -0.483. The number of amides is 2. The fraction of sp³-hybridized carbons (Fsp3) is 0.292. The number of halogens is 2. The summed E-state index contributed by atoms with van der Waals surface area (Å²) in [6.45, 7) is 4.59. The van der Waals surface area contributed by atoms with Gasteiger partial charge in [0.2, 0.25) is 5.82 Å². The van der Waals surface area contributed by atoms with E-state index in [1.807, 2.05) is 19.1 Å². The van der Waals surface area contributed by atoms with Crippen molar-refractivity contribution in [2.24, 2.45) is 0 Å². The molecule has 0 radical (unpaired) electrons. The summed E-state index contributed by atoms with van der Waals surface area (Å²) in [5.74, 6) is 0.182. The molecule has 6 nitrogen and oxygen atoms in total. The van der Waals surface area contributed by atoms with Gasteiger partial charge in [0, 0.05) is 22.8 Å². The molecule has 1 N–H and O–H groups in total. The lowest BCUT2D eigenvalue weighted by atomic mass is 9.94. The second-order valence-electron chi connectivity index (χ2n) is 7.73. The predicted octanol–water partition coefficient (Wildman–Crippen LogP) is 6.22. The molecule has 2 aromatic carbocycles. The molecule has 2 amide bonds. The number of carbonyl (C=O) groups is 1. The Morgan fingerprint density at radius 2 is 1.97 bits per heavy atom. The molecule has 4 rings (SSSR count). The Labute approximate surface area is 191 Å². The molecular weight excluding hydrogens is 431 g/mol. The van der Waals surface area contributed by atoms with E-state index >= 15 is 0 Å². The molecule has 0 aliphatic carbocycles. The quantitative estimate of drug-likeness (QED) is 0.430. The van der Waals surface area contributed by atoms with Crippen LogP contribution in [0.25, 0.3) is 17.0 Å². The molecule has 8 heteroatoms. The van der Waals surface area contributed by atoms with Crippen molar-refractivity contribution >= 4 is 23.2 Å². The van der Waals surface area contributed by atoms with E-state index in [0.29, 0.717) is 22.7 Å². The van der Waals surface area contributed by atoms with Crippen LogP contribution in [0.2, 0.25) is 5.02 Å². The standard InChI is InChI=1S/C24H24ClFN4O2/c1-3-4-5-13-30-15(2)20(21(27-24(30)31)16-9-11-18(25)12-10-16)23-28-22(29-32-23)17-7-6-8-19(26)14-17/h6-12,14,21H,3-5,13H2,1-2H3,(H,27,31). The number of unbranched alkanes of at least 4 members (excludes halogenated alkanes) is 2. The van der Waals surface area contributed by atoms with Gasteiger partial charge in [0.05, 0.1) is 11.6 Å². The molecule has 1 unspecified atom stereocenters. The molecule has 0 saturated heterocycles. The molecule has 166 valence electrons. The van der Waals surface area contributed by atoms with Gasteiger partial charge in [0.25, 0.3) is 5.89 Å². The molecule has 32 heavy (non-hydrogen) atoms. The number of carbonyl (C=O) groups excluding carboxylic acids is 1. The first-order valence-electron chi connectivity index (χ1n) is 10.6. The number of rotatable bonds is 7. The lowest BCUT2D eigenvalue weighted by molar-refractivity contribution is 0.204. The minimum Gasteiger partial charge on any atom is -0.334 e. The van der Waals surface area contributed by atoms with Gasteiger partial charge in [0.15, 0.2) is 0 Å². The molecule has 1 aliphatic heterocycles. The van der Waals surface area contributed by atoms with Crippen molar-refractivity contribution in [1.29, 1.82) is 0 Å². The van der Waals surface area contributed by atoms with E-state index in [1.165, 1.54) is 12.1 Å². The number of allylic oxidation sites excluding steroid dienone is 1. The van der Waals surface area contributed by atoms with Crippen molar-refractivity contribution in [3.63, 3.8) is 0 Å². The highest BCUT2D eigenvalue weighted by atomic mass is 35.5. The van der Waals surface area contributed by atoms with Crippen molar-refractivity contribution in [2.75, 3.05) is 6.54 Å². The predicted molar refractivity (Wildman–Crippen MR) is 121 cm³/mol. The van der Waals surface area contributed by atoms with Crippen LogP contribution in [0, 0.1) is 5.82 Å². The summed E-state index contributed by atoms with van der Waals surface area (Å²) in [4.78, 5) is 19.2. The third-order valence-electron chi connectivity index (χ3n) is 5.52. The fourth-order valence-corrected chi connectivity index (χ4v) is 3.96. The summed E-state index contributed by atoms with van der Waals surface area (Å²) in [5, 5.41) is 7.73. The van der Waals surface area contributed by atoms with Crippen LogP contribution in [0.3, 0.4) is 0 Å². The first-order chi connectivity index (χ1) is 15.5. The number of nitrogens with zero attached hydrogens (tertiary/aromatic N) is 3. The zero-order chi connectivity index (χ0) is 22.7. The summed E-state index contributed by atoms with van der Waals surface area (Å²) in [5.41, 5.74) is 2.81. The zero-order valence-electron chi connectivity index (χ0n) is 17.9.